The summed E-state index contributed by atoms with van der Waals surface area (Å²) in [5.74, 6) is 0.787. The monoisotopic (exact) mass is 293 g/mol. The summed E-state index contributed by atoms with van der Waals surface area (Å²) in [6, 6.07) is 5.57. The SMILES string of the molecule is COc1ccc(NC2CCCC(C(C)(C)C)CC2)cc1F. The highest BCUT2D eigenvalue weighted by atomic mass is 19.1. The summed E-state index contributed by atoms with van der Waals surface area (Å²) < 4.78 is 18.7. The van der Waals surface area contributed by atoms with E-state index < -0.39 is 0 Å². The predicted molar refractivity (Wildman–Crippen MR) is 86.4 cm³/mol. The first-order chi connectivity index (χ1) is 9.90. The van der Waals surface area contributed by atoms with Crippen LogP contribution in [0.1, 0.15) is 52.9 Å². The molecule has 1 aromatic carbocycles. The molecule has 1 aromatic rings. The molecule has 0 spiro atoms. The Morgan fingerprint density at radius 1 is 1.14 bits per heavy atom. The van der Waals surface area contributed by atoms with E-state index in [4.69, 9.17) is 4.74 Å². The third-order valence-electron chi connectivity index (χ3n) is 4.72. The molecule has 118 valence electrons. The van der Waals surface area contributed by atoms with Crippen LogP contribution in [0.25, 0.3) is 0 Å². The number of hydrogen-bond donors (Lipinski definition) is 1. The Morgan fingerprint density at radius 2 is 1.90 bits per heavy atom. The molecule has 1 aliphatic carbocycles. The van der Waals surface area contributed by atoms with Gasteiger partial charge in [-0.15, -0.1) is 0 Å². The van der Waals surface area contributed by atoms with Crippen LogP contribution >= 0.6 is 0 Å². The Bertz CT molecular complexity index is 467. The van der Waals surface area contributed by atoms with Crippen LogP contribution in [0.5, 0.6) is 5.75 Å². The average Bonchev–Trinajstić information content (AvgIpc) is 2.64. The molecular weight excluding hydrogens is 265 g/mol. The normalized spacial score (nSPS) is 23.5. The van der Waals surface area contributed by atoms with Crippen LogP contribution in [0.15, 0.2) is 18.2 Å². The van der Waals surface area contributed by atoms with Gasteiger partial charge in [0, 0.05) is 17.8 Å². The Kier molecular flexibility index (Phi) is 5.13. The van der Waals surface area contributed by atoms with Gasteiger partial charge >= 0.3 is 0 Å². The van der Waals surface area contributed by atoms with Gasteiger partial charge in [-0.05, 0) is 49.1 Å². The van der Waals surface area contributed by atoms with Crippen molar-refractivity contribution in [3.8, 4) is 5.75 Å². The number of benzene rings is 1. The van der Waals surface area contributed by atoms with E-state index in [9.17, 15) is 4.39 Å². The van der Waals surface area contributed by atoms with Crippen molar-refractivity contribution < 1.29 is 9.13 Å². The van der Waals surface area contributed by atoms with Gasteiger partial charge in [-0.1, -0.05) is 27.2 Å². The summed E-state index contributed by atoms with van der Waals surface area (Å²) in [4.78, 5) is 0. The van der Waals surface area contributed by atoms with Crippen LogP contribution in [-0.2, 0) is 0 Å². The van der Waals surface area contributed by atoms with E-state index in [1.165, 1.54) is 38.9 Å². The predicted octanol–water partition coefficient (Wildman–Crippen LogP) is 5.24. The van der Waals surface area contributed by atoms with Crippen molar-refractivity contribution in [2.75, 3.05) is 12.4 Å². The Hall–Kier alpha value is -1.25. The molecule has 2 rings (SSSR count). The maximum Gasteiger partial charge on any atom is 0.167 e. The van der Waals surface area contributed by atoms with Crippen LogP contribution in [0.2, 0.25) is 0 Å². The van der Waals surface area contributed by atoms with Gasteiger partial charge in [0.25, 0.3) is 0 Å². The molecule has 2 nitrogen and oxygen atoms in total. The fourth-order valence-corrected chi connectivity index (χ4v) is 3.30. The quantitative estimate of drug-likeness (QED) is 0.769. The van der Waals surface area contributed by atoms with E-state index in [-0.39, 0.29) is 5.82 Å². The molecule has 2 unspecified atom stereocenters. The molecule has 0 saturated heterocycles. The molecule has 3 heteroatoms. The molecule has 0 aliphatic heterocycles. The van der Waals surface area contributed by atoms with Gasteiger partial charge in [0.2, 0.25) is 0 Å². The van der Waals surface area contributed by atoms with Gasteiger partial charge in [-0.25, -0.2) is 4.39 Å². The summed E-state index contributed by atoms with van der Waals surface area (Å²) in [7, 11) is 1.49. The van der Waals surface area contributed by atoms with E-state index in [1.54, 1.807) is 6.07 Å². The molecular formula is C18H28FNO. The smallest absolute Gasteiger partial charge is 0.167 e. The lowest BCUT2D eigenvalue weighted by atomic mass is 9.76. The molecule has 0 heterocycles. The summed E-state index contributed by atoms with van der Waals surface area (Å²) in [5.41, 5.74) is 1.24. The van der Waals surface area contributed by atoms with E-state index in [0.29, 0.717) is 17.2 Å². The second kappa shape index (κ2) is 6.67. The topological polar surface area (TPSA) is 21.3 Å². The molecule has 1 saturated carbocycles. The zero-order valence-electron chi connectivity index (χ0n) is 13.7. The van der Waals surface area contributed by atoms with Gasteiger partial charge in [0.15, 0.2) is 11.6 Å². The van der Waals surface area contributed by atoms with Gasteiger partial charge in [-0.2, -0.15) is 0 Å². The van der Waals surface area contributed by atoms with E-state index in [2.05, 4.69) is 26.1 Å². The standard InChI is InChI=1S/C18H28FNO/c1-18(2,3)13-6-5-7-14(9-8-13)20-15-10-11-17(21-4)16(19)12-15/h10-14,20H,5-9H2,1-4H3. The zero-order chi connectivity index (χ0) is 15.5. The number of rotatable bonds is 3. The van der Waals surface area contributed by atoms with Crippen molar-refractivity contribution in [3.63, 3.8) is 0 Å². The summed E-state index contributed by atoms with van der Waals surface area (Å²) in [5, 5.41) is 3.49. The molecule has 0 aromatic heterocycles. The lowest BCUT2D eigenvalue weighted by Gasteiger charge is -2.29. The fourth-order valence-electron chi connectivity index (χ4n) is 3.30. The molecule has 21 heavy (non-hydrogen) atoms. The van der Waals surface area contributed by atoms with E-state index in [1.807, 2.05) is 6.07 Å². The van der Waals surface area contributed by atoms with Crippen LogP contribution in [0.4, 0.5) is 10.1 Å². The maximum absolute atomic E-state index is 13.7. The second-order valence-electron chi connectivity index (χ2n) is 7.26. The first-order valence-electron chi connectivity index (χ1n) is 8.00. The molecule has 0 bridgehead atoms. The lowest BCUT2D eigenvalue weighted by Crippen LogP contribution is -2.21. The largest absolute Gasteiger partial charge is 0.494 e. The highest BCUT2D eigenvalue weighted by molar-refractivity contribution is 5.48. The highest BCUT2D eigenvalue weighted by Gasteiger charge is 2.27. The van der Waals surface area contributed by atoms with E-state index >= 15 is 0 Å². The fraction of sp³-hybridized carbons (Fsp3) is 0.667. The van der Waals surface area contributed by atoms with Gasteiger partial charge in [0.05, 0.1) is 7.11 Å². The van der Waals surface area contributed by atoms with Gasteiger partial charge in [-0.3, -0.25) is 0 Å². The number of nitrogens with one attached hydrogen (secondary N) is 1. The Balaban J connectivity index is 1.96. The van der Waals surface area contributed by atoms with Crippen LogP contribution in [-0.4, -0.2) is 13.2 Å². The van der Waals surface area contributed by atoms with Crippen molar-refractivity contribution >= 4 is 5.69 Å². The molecule has 1 fully saturated rings. The second-order valence-corrected chi connectivity index (χ2v) is 7.26. The van der Waals surface area contributed by atoms with Gasteiger partial charge < -0.3 is 10.1 Å². The minimum absolute atomic E-state index is 0.300. The number of hydrogen-bond acceptors (Lipinski definition) is 2. The van der Waals surface area contributed by atoms with E-state index in [0.717, 1.165) is 18.0 Å². The maximum atomic E-state index is 13.7. The molecule has 2 atom stereocenters. The average molecular weight is 293 g/mol. The minimum Gasteiger partial charge on any atom is -0.494 e. The van der Waals surface area contributed by atoms with Crippen molar-refractivity contribution in [1.82, 2.24) is 0 Å². The third kappa shape index (κ3) is 4.36. The van der Waals surface area contributed by atoms with Crippen LogP contribution in [0, 0.1) is 17.2 Å². The van der Waals surface area contributed by atoms with Crippen LogP contribution < -0.4 is 10.1 Å². The first-order valence-corrected chi connectivity index (χ1v) is 8.00. The molecule has 1 aliphatic rings. The first kappa shape index (κ1) is 16.1. The molecule has 0 amide bonds. The van der Waals surface area contributed by atoms with Crippen molar-refractivity contribution in [3.05, 3.63) is 24.0 Å². The zero-order valence-corrected chi connectivity index (χ0v) is 13.7. The molecule has 0 radical (unpaired) electrons. The Morgan fingerprint density at radius 3 is 2.52 bits per heavy atom. The number of anilines is 1. The number of methoxy groups -OCH3 is 1. The summed E-state index contributed by atoms with van der Waals surface area (Å²) >= 11 is 0. The Labute approximate surface area is 128 Å². The van der Waals surface area contributed by atoms with Crippen LogP contribution in [0.3, 0.4) is 0 Å². The van der Waals surface area contributed by atoms with Crippen molar-refractivity contribution in [2.24, 2.45) is 11.3 Å². The highest BCUT2D eigenvalue weighted by Crippen LogP contribution is 2.37. The van der Waals surface area contributed by atoms with Crippen molar-refractivity contribution in [2.45, 2.75) is 58.9 Å². The van der Waals surface area contributed by atoms with Crippen molar-refractivity contribution in [1.29, 1.82) is 0 Å². The minimum atomic E-state index is -0.302. The summed E-state index contributed by atoms with van der Waals surface area (Å²) in [6.45, 7) is 7.01. The third-order valence-corrected chi connectivity index (χ3v) is 4.72. The van der Waals surface area contributed by atoms with Gasteiger partial charge in [0.1, 0.15) is 0 Å². The lowest BCUT2D eigenvalue weighted by molar-refractivity contribution is 0.214. The molecule has 1 N–H and O–H groups in total. The summed E-state index contributed by atoms with van der Waals surface area (Å²) in [6.07, 6.45) is 6.13. The number of ether oxygens (including phenoxy) is 1. The number of halogens is 1.